The van der Waals surface area contributed by atoms with Crippen molar-refractivity contribution < 1.29 is 9.53 Å². The van der Waals surface area contributed by atoms with Crippen LogP contribution in [0.1, 0.15) is 6.42 Å². The van der Waals surface area contributed by atoms with Crippen molar-refractivity contribution in [2.45, 2.75) is 6.42 Å². The van der Waals surface area contributed by atoms with E-state index in [1.54, 1.807) is 0 Å². The first-order chi connectivity index (χ1) is 7.54. The minimum Gasteiger partial charge on any atom is -0.491 e. The van der Waals surface area contributed by atoms with Gasteiger partial charge >= 0.3 is 0 Å². The lowest BCUT2D eigenvalue weighted by Gasteiger charge is -2.10. The zero-order valence-corrected chi connectivity index (χ0v) is 12.9. The second-order valence-corrected chi connectivity index (χ2v) is 5.49. The van der Waals surface area contributed by atoms with Gasteiger partial charge in [0.05, 0.1) is 22.0 Å². The maximum Gasteiger partial charge on any atom is 0.237 e. The third-order valence-electron chi connectivity index (χ3n) is 1.70. The summed E-state index contributed by atoms with van der Waals surface area (Å²) >= 11 is 10.1. The first-order valence-corrected chi connectivity index (χ1v) is 6.69. The number of nitrogens with two attached hydrogens (primary N) is 1. The first-order valence-electron chi connectivity index (χ1n) is 4.31. The number of rotatable bonds is 4. The van der Waals surface area contributed by atoms with E-state index in [9.17, 15) is 4.79 Å². The van der Waals surface area contributed by atoms with E-state index in [0.717, 1.165) is 13.4 Å². The van der Waals surface area contributed by atoms with Crippen LogP contribution in [0, 0.1) is 0 Å². The average Bonchev–Trinajstić information content (AvgIpc) is 2.21. The summed E-state index contributed by atoms with van der Waals surface area (Å²) in [6.07, 6.45) is 0.214. The van der Waals surface area contributed by atoms with Gasteiger partial charge in [0.1, 0.15) is 5.75 Å². The number of nitrogens with one attached hydrogen (secondary N) is 1. The topological polar surface area (TPSA) is 64.3 Å². The van der Waals surface area contributed by atoms with Crippen LogP contribution in [0.25, 0.3) is 0 Å². The van der Waals surface area contributed by atoms with E-state index in [4.69, 9.17) is 10.6 Å². The summed E-state index contributed by atoms with van der Waals surface area (Å²) < 4.78 is 8.01. The lowest BCUT2D eigenvalue weighted by molar-refractivity contribution is -0.121. The van der Waals surface area contributed by atoms with Gasteiger partial charge in [0.15, 0.2) is 0 Å². The number of hydrogen-bond acceptors (Lipinski definition) is 3. The van der Waals surface area contributed by atoms with E-state index in [0.29, 0.717) is 5.75 Å². The number of hydrazine groups is 1. The maximum absolute atomic E-state index is 10.9. The number of benzene rings is 1. The molecular weight excluding hydrogens is 408 g/mol. The predicted molar refractivity (Wildman–Crippen MR) is 72.0 cm³/mol. The molecule has 88 valence electrons. The van der Waals surface area contributed by atoms with Crippen molar-refractivity contribution in [1.82, 2.24) is 5.43 Å². The van der Waals surface area contributed by atoms with Gasteiger partial charge in [-0.15, -0.1) is 0 Å². The van der Waals surface area contributed by atoms with Gasteiger partial charge in [-0.2, -0.15) is 0 Å². The van der Waals surface area contributed by atoms with Crippen LogP contribution in [0.3, 0.4) is 0 Å². The molecular formula is C9H9Br3N2O2. The Bertz CT molecular complexity index is 375. The van der Waals surface area contributed by atoms with Crippen molar-refractivity contribution in [3.63, 3.8) is 0 Å². The van der Waals surface area contributed by atoms with E-state index in [1.807, 2.05) is 17.6 Å². The van der Waals surface area contributed by atoms with E-state index in [2.05, 4.69) is 47.8 Å². The molecule has 4 nitrogen and oxygen atoms in total. The van der Waals surface area contributed by atoms with Crippen molar-refractivity contribution in [3.8, 4) is 5.75 Å². The van der Waals surface area contributed by atoms with E-state index < -0.39 is 0 Å². The molecule has 0 aliphatic rings. The summed E-state index contributed by atoms with van der Waals surface area (Å²) in [5.41, 5.74) is 2.04. The molecule has 0 unspecified atom stereocenters. The molecule has 1 rings (SSSR count). The summed E-state index contributed by atoms with van der Waals surface area (Å²) in [5, 5.41) is 0. The van der Waals surface area contributed by atoms with Crippen LogP contribution in [0.4, 0.5) is 0 Å². The normalized spacial score (nSPS) is 10.0. The number of carbonyl (C=O) groups is 1. The summed E-state index contributed by atoms with van der Waals surface area (Å²) in [7, 11) is 0. The molecule has 16 heavy (non-hydrogen) atoms. The smallest absolute Gasteiger partial charge is 0.237 e. The van der Waals surface area contributed by atoms with Crippen molar-refractivity contribution >= 4 is 53.7 Å². The number of hydrogen-bond donors (Lipinski definition) is 2. The molecule has 0 saturated carbocycles. The maximum atomic E-state index is 10.9. The Morgan fingerprint density at radius 3 is 2.38 bits per heavy atom. The third-order valence-corrected chi connectivity index (χ3v) is 3.34. The fourth-order valence-electron chi connectivity index (χ4n) is 0.985. The molecule has 0 aliphatic carbocycles. The zero-order valence-electron chi connectivity index (χ0n) is 8.10. The van der Waals surface area contributed by atoms with Crippen LogP contribution in [-0.4, -0.2) is 12.5 Å². The van der Waals surface area contributed by atoms with Crippen LogP contribution in [-0.2, 0) is 4.79 Å². The molecule has 1 aromatic carbocycles. The average molecular weight is 417 g/mol. The number of halogens is 3. The molecule has 0 fully saturated rings. The van der Waals surface area contributed by atoms with Crippen molar-refractivity contribution in [2.75, 3.05) is 6.61 Å². The van der Waals surface area contributed by atoms with Crippen molar-refractivity contribution in [2.24, 2.45) is 5.84 Å². The Hall–Kier alpha value is -0.110. The Balaban J connectivity index is 2.64. The molecule has 0 heterocycles. The molecule has 0 bridgehead atoms. The number of amides is 1. The second-order valence-electron chi connectivity index (χ2n) is 2.86. The highest BCUT2D eigenvalue weighted by Gasteiger charge is 2.08. The lowest BCUT2D eigenvalue weighted by Crippen LogP contribution is -2.31. The van der Waals surface area contributed by atoms with Gasteiger partial charge in [0.25, 0.3) is 0 Å². The van der Waals surface area contributed by atoms with Gasteiger partial charge in [-0.05, 0) is 44.0 Å². The van der Waals surface area contributed by atoms with Crippen molar-refractivity contribution in [3.05, 3.63) is 25.6 Å². The summed E-state index contributed by atoms with van der Waals surface area (Å²) in [6, 6.07) is 3.73. The molecule has 0 saturated heterocycles. The summed E-state index contributed by atoms with van der Waals surface area (Å²) in [5.74, 6) is 5.35. The lowest BCUT2D eigenvalue weighted by atomic mass is 10.3. The van der Waals surface area contributed by atoms with Crippen LogP contribution in [0.15, 0.2) is 25.6 Å². The summed E-state index contributed by atoms with van der Waals surface area (Å²) in [4.78, 5) is 10.9. The Labute approximate surface area is 118 Å². The molecule has 7 heteroatoms. The van der Waals surface area contributed by atoms with Crippen LogP contribution in [0.5, 0.6) is 5.75 Å². The van der Waals surface area contributed by atoms with E-state index in [1.165, 1.54) is 0 Å². The minimum atomic E-state index is -0.260. The molecule has 0 aliphatic heterocycles. The monoisotopic (exact) mass is 414 g/mol. The number of carbonyl (C=O) groups excluding carboxylic acids is 1. The van der Waals surface area contributed by atoms with Gasteiger partial charge in [0, 0.05) is 4.47 Å². The van der Waals surface area contributed by atoms with Crippen LogP contribution in [0.2, 0.25) is 0 Å². The third kappa shape index (κ3) is 4.04. The fourth-order valence-corrected chi connectivity index (χ4v) is 3.47. The van der Waals surface area contributed by atoms with E-state index in [-0.39, 0.29) is 18.9 Å². The second kappa shape index (κ2) is 6.58. The quantitative estimate of drug-likeness (QED) is 0.450. The van der Waals surface area contributed by atoms with Gasteiger partial charge in [-0.1, -0.05) is 15.9 Å². The molecule has 0 aromatic heterocycles. The molecule has 0 spiro atoms. The SMILES string of the molecule is NNC(=O)CCOc1c(Br)cc(Br)cc1Br. The highest BCUT2D eigenvalue weighted by molar-refractivity contribution is 9.11. The van der Waals surface area contributed by atoms with Gasteiger partial charge in [-0.25, -0.2) is 5.84 Å². The molecule has 0 radical (unpaired) electrons. The van der Waals surface area contributed by atoms with Crippen LogP contribution < -0.4 is 16.0 Å². The fraction of sp³-hybridized carbons (Fsp3) is 0.222. The molecule has 3 N–H and O–H groups in total. The highest BCUT2D eigenvalue weighted by Crippen LogP contribution is 2.36. The largest absolute Gasteiger partial charge is 0.491 e. The summed E-state index contributed by atoms with van der Waals surface area (Å²) in [6.45, 7) is 0.266. The molecule has 0 atom stereocenters. The Morgan fingerprint density at radius 1 is 1.31 bits per heavy atom. The first kappa shape index (κ1) is 14.0. The Kier molecular flexibility index (Phi) is 5.74. The Morgan fingerprint density at radius 2 is 1.88 bits per heavy atom. The zero-order chi connectivity index (χ0) is 12.1. The standard InChI is InChI=1S/C9H9Br3N2O2/c10-5-3-6(11)9(7(12)4-5)16-2-1-8(15)14-13/h3-4H,1-2,13H2,(H,14,15). The van der Waals surface area contributed by atoms with Crippen molar-refractivity contribution in [1.29, 1.82) is 0 Å². The highest BCUT2D eigenvalue weighted by atomic mass is 79.9. The van der Waals surface area contributed by atoms with E-state index >= 15 is 0 Å². The minimum absolute atomic E-state index is 0.214. The molecule has 1 amide bonds. The van der Waals surface area contributed by atoms with Gasteiger partial charge < -0.3 is 4.74 Å². The van der Waals surface area contributed by atoms with Gasteiger partial charge in [-0.3, -0.25) is 10.2 Å². The van der Waals surface area contributed by atoms with Crippen LogP contribution >= 0.6 is 47.8 Å². The van der Waals surface area contributed by atoms with Gasteiger partial charge in [0.2, 0.25) is 5.91 Å². The molecule has 1 aromatic rings. The predicted octanol–water partition coefficient (Wildman–Crippen LogP) is 2.73. The number of ether oxygens (including phenoxy) is 1.